The van der Waals surface area contributed by atoms with Crippen LogP contribution in [-0.4, -0.2) is 12.6 Å². The van der Waals surface area contributed by atoms with Crippen molar-refractivity contribution < 1.29 is 0 Å². The van der Waals surface area contributed by atoms with Crippen LogP contribution < -0.4 is 5.32 Å². The van der Waals surface area contributed by atoms with E-state index in [4.69, 9.17) is 0 Å². The molecule has 0 amide bonds. The maximum absolute atomic E-state index is 3.87. The molecule has 16 heavy (non-hydrogen) atoms. The number of nitrogens with one attached hydrogen (secondary N) is 1. The molecular weight excluding hydrogens is 194 g/mol. The lowest BCUT2D eigenvalue weighted by molar-refractivity contribution is 0.212. The van der Waals surface area contributed by atoms with Gasteiger partial charge in [0, 0.05) is 6.04 Å². The predicted molar refractivity (Wildman–Crippen MR) is 70.5 cm³/mol. The zero-order chi connectivity index (χ0) is 11.4. The molecule has 0 aromatic rings. The zero-order valence-electron chi connectivity index (χ0n) is 11.2. The quantitative estimate of drug-likeness (QED) is 0.763. The van der Waals surface area contributed by atoms with Gasteiger partial charge in [-0.3, -0.25) is 0 Å². The molecule has 0 radical (unpaired) electrons. The van der Waals surface area contributed by atoms with Gasteiger partial charge in [-0.1, -0.05) is 39.5 Å². The Morgan fingerprint density at radius 2 is 1.69 bits per heavy atom. The van der Waals surface area contributed by atoms with Gasteiger partial charge in [0.25, 0.3) is 0 Å². The third kappa shape index (κ3) is 3.48. The summed E-state index contributed by atoms with van der Waals surface area (Å²) in [5.41, 5.74) is 0. The average molecular weight is 223 g/mol. The second kappa shape index (κ2) is 6.05. The molecule has 2 saturated carbocycles. The summed E-state index contributed by atoms with van der Waals surface area (Å²) in [6.45, 7) is 6.15. The molecule has 0 bridgehead atoms. The van der Waals surface area contributed by atoms with Gasteiger partial charge in [0.05, 0.1) is 0 Å². The molecule has 2 aliphatic rings. The lowest BCUT2D eigenvalue weighted by Crippen LogP contribution is -2.41. The van der Waals surface area contributed by atoms with Gasteiger partial charge in [-0.2, -0.15) is 0 Å². The van der Waals surface area contributed by atoms with Crippen LogP contribution in [0.5, 0.6) is 0 Å². The van der Waals surface area contributed by atoms with E-state index in [1.165, 1.54) is 57.9 Å². The fourth-order valence-corrected chi connectivity index (χ4v) is 3.53. The van der Waals surface area contributed by atoms with Gasteiger partial charge in [-0.25, -0.2) is 0 Å². The molecule has 0 saturated heterocycles. The lowest BCUT2D eigenvalue weighted by Gasteiger charge is -2.35. The minimum atomic E-state index is 0.811. The maximum atomic E-state index is 3.87. The normalized spacial score (nSPS) is 37.5. The second-order valence-corrected chi connectivity index (χ2v) is 6.41. The summed E-state index contributed by atoms with van der Waals surface area (Å²) in [7, 11) is 0. The summed E-state index contributed by atoms with van der Waals surface area (Å²) in [5, 5.41) is 3.87. The Morgan fingerprint density at radius 1 is 0.938 bits per heavy atom. The van der Waals surface area contributed by atoms with Crippen molar-refractivity contribution in [2.75, 3.05) is 6.54 Å². The molecule has 3 atom stereocenters. The van der Waals surface area contributed by atoms with Crippen molar-refractivity contribution >= 4 is 0 Å². The first-order chi connectivity index (χ1) is 7.75. The second-order valence-electron chi connectivity index (χ2n) is 6.41. The number of hydrogen-bond donors (Lipinski definition) is 1. The third-order valence-electron chi connectivity index (χ3n) is 4.85. The maximum Gasteiger partial charge on any atom is 0.00953 e. The highest BCUT2D eigenvalue weighted by molar-refractivity contribution is 4.82. The Labute approximate surface area is 101 Å². The molecule has 2 aliphatic carbocycles. The Morgan fingerprint density at radius 3 is 2.44 bits per heavy atom. The van der Waals surface area contributed by atoms with Crippen molar-refractivity contribution in [2.45, 2.75) is 71.3 Å². The minimum absolute atomic E-state index is 0.811. The molecule has 0 aromatic carbocycles. The van der Waals surface area contributed by atoms with Crippen LogP contribution >= 0.6 is 0 Å². The topological polar surface area (TPSA) is 12.0 Å². The molecule has 1 heteroatoms. The standard InChI is InChI=1S/C15H29N/c1-12-8-9-13(2)15(10-12)16-11-14-6-4-3-5-7-14/h12-16H,3-11H2,1-2H3. The summed E-state index contributed by atoms with van der Waals surface area (Å²) in [5.74, 6) is 2.83. The summed E-state index contributed by atoms with van der Waals surface area (Å²) in [6.07, 6.45) is 11.7. The van der Waals surface area contributed by atoms with Crippen molar-refractivity contribution in [3.63, 3.8) is 0 Å². The van der Waals surface area contributed by atoms with Crippen molar-refractivity contribution in [2.24, 2.45) is 17.8 Å². The molecule has 0 aromatic heterocycles. The predicted octanol–water partition coefficient (Wildman–Crippen LogP) is 3.98. The molecule has 2 rings (SSSR count). The highest BCUT2D eigenvalue weighted by atomic mass is 14.9. The number of hydrogen-bond acceptors (Lipinski definition) is 1. The first-order valence-corrected chi connectivity index (χ1v) is 7.49. The van der Waals surface area contributed by atoms with Gasteiger partial charge in [-0.05, 0) is 50.0 Å². The summed E-state index contributed by atoms with van der Waals surface area (Å²) >= 11 is 0. The third-order valence-corrected chi connectivity index (χ3v) is 4.85. The smallest absolute Gasteiger partial charge is 0.00953 e. The summed E-state index contributed by atoms with van der Waals surface area (Å²) < 4.78 is 0. The fourth-order valence-electron chi connectivity index (χ4n) is 3.53. The van der Waals surface area contributed by atoms with Crippen LogP contribution in [0.3, 0.4) is 0 Å². The Hall–Kier alpha value is -0.0400. The SMILES string of the molecule is CC1CCC(C)C(NCC2CCCCC2)C1. The highest BCUT2D eigenvalue weighted by Crippen LogP contribution is 2.29. The van der Waals surface area contributed by atoms with Gasteiger partial charge in [0.1, 0.15) is 0 Å². The minimum Gasteiger partial charge on any atom is -0.313 e. The van der Waals surface area contributed by atoms with Crippen LogP contribution in [0.15, 0.2) is 0 Å². The molecule has 0 aliphatic heterocycles. The number of rotatable bonds is 3. The fraction of sp³-hybridized carbons (Fsp3) is 1.00. The molecule has 94 valence electrons. The van der Waals surface area contributed by atoms with Crippen LogP contribution in [0.25, 0.3) is 0 Å². The van der Waals surface area contributed by atoms with Crippen LogP contribution in [0.1, 0.15) is 65.2 Å². The Bertz CT molecular complexity index is 196. The van der Waals surface area contributed by atoms with E-state index >= 15 is 0 Å². The Kier molecular flexibility index (Phi) is 4.69. The van der Waals surface area contributed by atoms with Crippen molar-refractivity contribution in [1.82, 2.24) is 5.32 Å². The molecular formula is C15H29N. The van der Waals surface area contributed by atoms with E-state index in [1.54, 1.807) is 0 Å². The molecule has 3 unspecified atom stereocenters. The molecule has 0 heterocycles. The van der Waals surface area contributed by atoms with E-state index in [1.807, 2.05) is 0 Å². The molecule has 1 nitrogen and oxygen atoms in total. The van der Waals surface area contributed by atoms with E-state index in [0.717, 1.165) is 23.8 Å². The van der Waals surface area contributed by atoms with Gasteiger partial charge >= 0.3 is 0 Å². The van der Waals surface area contributed by atoms with Crippen molar-refractivity contribution in [3.05, 3.63) is 0 Å². The largest absolute Gasteiger partial charge is 0.313 e. The summed E-state index contributed by atoms with van der Waals surface area (Å²) in [6, 6.07) is 0.811. The van der Waals surface area contributed by atoms with E-state index in [9.17, 15) is 0 Å². The van der Waals surface area contributed by atoms with Crippen LogP contribution in [0.4, 0.5) is 0 Å². The van der Waals surface area contributed by atoms with Gasteiger partial charge in [-0.15, -0.1) is 0 Å². The van der Waals surface area contributed by atoms with Crippen molar-refractivity contribution in [1.29, 1.82) is 0 Å². The zero-order valence-corrected chi connectivity index (χ0v) is 11.2. The van der Waals surface area contributed by atoms with Gasteiger partial charge in [0.2, 0.25) is 0 Å². The molecule has 0 spiro atoms. The van der Waals surface area contributed by atoms with Crippen LogP contribution in [0, 0.1) is 17.8 Å². The molecule has 1 N–H and O–H groups in total. The lowest BCUT2D eigenvalue weighted by atomic mass is 9.79. The first-order valence-electron chi connectivity index (χ1n) is 7.49. The van der Waals surface area contributed by atoms with Crippen molar-refractivity contribution in [3.8, 4) is 0 Å². The molecule has 2 fully saturated rings. The van der Waals surface area contributed by atoms with Gasteiger partial charge < -0.3 is 5.32 Å². The highest BCUT2D eigenvalue weighted by Gasteiger charge is 2.25. The van der Waals surface area contributed by atoms with Crippen LogP contribution in [0.2, 0.25) is 0 Å². The van der Waals surface area contributed by atoms with E-state index in [2.05, 4.69) is 19.2 Å². The van der Waals surface area contributed by atoms with E-state index in [0.29, 0.717) is 0 Å². The Balaban J connectivity index is 1.71. The monoisotopic (exact) mass is 223 g/mol. The van der Waals surface area contributed by atoms with Crippen LogP contribution in [-0.2, 0) is 0 Å². The van der Waals surface area contributed by atoms with E-state index in [-0.39, 0.29) is 0 Å². The first kappa shape index (κ1) is 12.4. The van der Waals surface area contributed by atoms with E-state index < -0.39 is 0 Å². The van der Waals surface area contributed by atoms with Gasteiger partial charge in [0.15, 0.2) is 0 Å². The summed E-state index contributed by atoms with van der Waals surface area (Å²) in [4.78, 5) is 0. The average Bonchev–Trinajstić information content (AvgIpc) is 2.32.